The fourth-order valence-electron chi connectivity index (χ4n) is 2.34. The molecule has 1 aromatic carbocycles. The minimum absolute atomic E-state index is 0.708. The predicted octanol–water partition coefficient (Wildman–Crippen LogP) is 4.37. The van der Waals surface area contributed by atoms with E-state index < -0.39 is 0 Å². The first kappa shape index (κ1) is 14.1. The van der Waals surface area contributed by atoms with Crippen LogP contribution in [0, 0.1) is 0 Å². The molecule has 0 unspecified atom stereocenters. The molecular formula is C16H19ClN2S. The van der Waals surface area contributed by atoms with Crippen LogP contribution >= 0.6 is 22.9 Å². The molecule has 106 valence electrons. The largest absolute Gasteiger partial charge is 0.312 e. The molecule has 20 heavy (non-hydrogen) atoms. The second kappa shape index (κ2) is 6.25. The van der Waals surface area contributed by atoms with Crippen LogP contribution in [-0.2, 0) is 13.0 Å². The normalized spacial score (nSPS) is 14.7. The minimum Gasteiger partial charge on any atom is -0.312 e. The van der Waals surface area contributed by atoms with E-state index in [1.807, 2.05) is 29.5 Å². The number of aromatic nitrogens is 1. The Kier molecular flexibility index (Phi) is 4.39. The average Bonchev–Trinajstić information content (AvgIpc) is 3.21. The molecule has 2 nitrogen and oxygen atoms in total. The van der Waals surface area contributed by atoms with Gasteiger partial charge in [0.15, 0.2) is 0 Å². The first-order valence-corrected chi connectivity index (χ1v) is 8.40. The smallest absolute Gasteiger partial charge is 0.0976 e. The van der Waals surface area contributed by atoms with Crippen LogP contribution in [0.2, 0.25) is 5.02 Å². The first-order valence-electron chi connectivity index (χ1n) is 7.20. The van der Waals surface area contributed by atoms with Gasteiger partial charge in [-0.15, -0.1) is 11.3 Å². The van der Waals surface area contributed by atoms with E-state index in [1.54, 1.807) is 0 Å². The fraction of sp³-hybridized carbons (Fsp3) is 0.438. The maximum absolute atomic E-state index is 6.24. The van der Waals surface area contributed by atoms with Crippen LogP contribution in [-0.4, -0.2) is 11.5 Å². The lowest BCUT2D eigenvalue weighted by Gasteiger charge is -2.00. The van der Waals surface area contributed by atoms with Gasteiger partial charge in [-0.3, -0.25) is 0 Å². The van der Waals surface area contributed by atoms with Gasteiger partial charge in [0.2, 0.25) is 0 Å². The van der Waals surface area contributed by atoms with Crippen molar-refractivity contribution in [1.29, 1.82) is 0 Å². The van der Waals surface area contributed by atoms with E-state index in [2.05, 4.69) is 18.3 Å². The Hall–Kier alpha value is -0.900. The molecule has 1 aromatic heterocycles. The van der Waals surface area contributed by atoms with Crippen molar-refractivity contribution in [2.24, 2.45) is 0 Å². The van der Waals surface area contributed by atoms with Gasteiger partial charge in [-0.25, -0.2) is 4.98 Å². The molecule has 0 bridgehead atoms. The molecule has 0 amide bonds. The van der Waals surface area contributed by atoms with E-state index in [0.29, 0.717) is 5.92 Å². The number of nitrogens with one attached hydrogen (secondary N) is 1. The molecule has 4 heteroatoms. The highest BCUT2D eigenvalue weighted by Crippen LogP contribution is 2.43. The molecule has 0 spiro atoms. The van der Waals surface area contributed by atoms with Crippen molar-refractivity contribution in [2.45, 2.75) is 38.6 Å². The van der Waals surface area contributed by atoms with Crippen LogP contribution in [0.25, 0.3) is 0 Å². The molecule has 0 aliphatic heterocycles. The van der Waals surface area contributed by atoms with Gasteiger partial charge in [-0.1, -0.05) is 36.7 Å². The molecule has 0 saturated heterocycles. The Morgan fingerprint density at radius 3 is 2.85 bits per heavy atom. The third-order valence-electron chi connectivity index (χ3n) is 3.57. The van der Waals surface area contributed by atoms with Crippen molar-refractivity contribution in [2.75, 3.05) is 6.54 Å². The SMILES string of the molecule is CCNCc1sc(Cc2ccccc2Cl)nc1C1CC1. The third kappa shape index (κ3) is 3.22. The first-order chi connectivity index (χ1) is 9.78. The van der Waals surface area contributed by atoms with E-state index in [9.17, 15) is 0 Å². The summed E-state index contributed by atoms with van der Waals surface area (Å²) in [6.07, 6.45) is 3.44. The highest BCUT2D eigenvalue weighted by molar-refractivity contribution is 7.11. The Morgan fingerprint density at radius 1 is 1.35 bits per heavy atom. The van der Waals surface area contributed by atoms with E-state index in [-0.39, 0.29) is 0 Å². The molecule has 0 atom stereocenters. The topological polar surface area (TPSA) is 24.9 Å². The highest BCUT2D eigenvalue weighted by atomic mass is 35.5. The van der Waals surface area contributed by atoms with Crippen LogP contribution in [0.15, 0.2) is 24.3 Å². The van der Waals surface area contributed by atoms with Crippen molar-refractivity contribution < 1.29 is 0 Å². The van der Waals surface area contributed by atoms with Crippen molar-refractivity contribution in [3.8, 4) is 0 Å². The van der Waals surface area contributed by atoms with E-state index >= 15 is 0 Å². The van der Waals surface area contributed by atoms with Gasteiger partial charge in [0, 0.05) is 28.8 Å². The summed E-state index contributed by atoms with van der Waals surface area (Å²) in [5, 5.41) is 5.45. The number of rotatable bonds is 6. The molecule has 1 aliphatic rings. The summed E-state index contributed by atoms with van der Waals surface area (Å²) in [7, 11) is 0. The molecule has 1 N–H and O–H groups in total. The van der Waals surface area contributed by atoms with Gasteiger partial charge in [-0.2, -0.15) is 0 Å². The third-order valence-corrected chi connectivity index (χ3v) is 5.01. The monoisotopic (exact) mass is 306 g/mol. The summed E-state index contributed by atoms with van der Waals surface area (Å²) in [6.45, 7) is 4.09. The van der Waals surface area contributed by atoms with Gasteiger partial charge in [0.1, 0.15) is 0 Å². The Labute approximate surface area is 129 Å². The number of thiazole rings is 1. The summed E-state index contributed by atoms with van der Waals surface area (Å²) in [5.74, 6) is 0.708. The molecule has 0 radical (unpaired) electrons. The molecule has 1 heterocycles. The van der Waals surface area contributed by atoms with Gasteiger partial charge in [0.25, 0.3) is 0 Å². The van der Waals surface area contributed by atoms with Crippen LogP contribution in [0.3, 0.4) is 0 Å². The molecule has 1 saturated carbocycles. The zero-order valence-electron chi connectivity index (χ0n) is 11.7. The number of benzene rings is 1. The zero-order chi connectivity index (χ0) is 13.9. The summed E-state index contributed by atoms with van der Waals surface area (Å²) in [4.78, 5) is 6.29. The summed E-state index contributed by atoms with van der Waals surface area (Å²) in [5.41, 5.74) is 2.50. The standard InChI is InChI=1S/C16H19ClN2S/c1-2-18-10-14-16(11-7-8-11)19-15(20-14)9-12-5-3-4-6-13(12)17/h3-6,11,18H,2,7-10H2,1H3. The molecule has 2 aromatic rings. The van der Waals surface area contributed by atoms with Crippen LogP contribution in [0.1, 0.15) is 46.8 Å². The van der Waals surface area contributed by atoms with Gasteiger partial charge < -0.3 is 5.32 Å². The Balaban J connectivity index is 1.81. The second-order valence-corrected chi connectivity index (χ2v) is 6.81. The maximum Gasteiger partial charge on any atom is 0.0976 e. The summed E-state index contributed by atoms with van der Waals surface area (Å²) >= 11 is 8.08. The highest BCUT2D eigenvalue weighted by Gasteiger charge is 2.29. The predicted molar refractivity (Wildman–Crippen MR) is 85.7 cm³/mol. The Bertz CT molecular complexity index is 590. The van der Waals surface area contributed by atoms with Crippen molar-refractivity contribution in [1.82, 2.24) is 10.3 Å². The molecule has 1 fully saturated rings. The van der Waals surface area contributed by atoms with Crippen molar-refractivity contribution in [3.63, 3.8) is 0 Å². The van der Waals surface area contributed by atoms with Gasteiger partial charge >= 0.3 is 0 Å². The molecule has 1 aliphatic carbocycles. The summed E-state index contributed by atoms with van der Waals surface area (Å²) in [6, 6.07) is 8.05. The average molecular weight is 307 g/mol. The van der Waals surface area contributed by atoms with E-state index in [4.69, 9.17) is 16.6 Å². The van der Waals surface area contributed by atoms with Gasteiger partial charge in [0.05, 0.1) is 10.7 Å². The lowest BCUT2D eigenvalue weighted by molar-refractivity contribution is 0.726. The van der Waals surface area contributed by atoms with Crippen LogP contribution in [0.5, 0.6) is 0 Å². The number of hydrogen-bond acceptors (Lipinski definition) is 3. The van der Waals surface area contributed by atoms with Gasteiger partial charge in [-0.05, 0) is 31.0 Å². The number of hydrogen-bond donors (Lipinski definition) is 1. The minimum atomic E-state index is 0.708. The van der Waals surface area contributed by atoms with Crippen LogP contribution < -0.4 is 5.32 Å². The second-order valence-electron chi connectivity index (χ2n) is 5.24. The molecular weight excluding hydrogens is 288 g/mol. The molecule has 3 rings (SSSR count). The van der Waals surface area contributed by atoms with Crippen molar-refractivity contribution in [3.05, 3.63) is 50.4 Å². The van der Waals surface area contributed by atoms with Crippen molar-refractivity contribution >= 4 is 22.9 Å². The number of halogens is 1. The van der Waals surface area contributed by atoms with Crippen LogP contribution in [0.4, 0.5) is 0 Å². The van der Waals surface area contributed by atoms with E-state index in [0.717, 1.165) is 24.5 Å². The lowest BCUT2D eigenvalue weighted by Crippen LogP contribution is -2.11. The fourth-order valence-corrected chi connectivity index (χ4v) is 3.68. The Morgan fingerprint density at radius 2 is 2.15 bits per heavy atom. The zero-order valence-corrected chi connectivity index (χ0v) is 13.2. The van der Waals surface area contributed by atoms with E-state index in [1.165, 1.54) is 34.0 Å². The lowest BCUT2D eigenvalue weighted by atomic mass is 10.1. The quantitative estimate of drug-likeness (QED) is 0.857. The summed E-state index contributed by atoms with van der Waals surface area (Å²) < 4.78 is 0. The maximum atomic E-state index is 6.24. The number of nitrogens with zero attached hydrogens (tertiary/aromatic N) is 1.